The topological polar surface area (TPSA) is 56.1 Å². The molecule has 5 nitrogen and oxygen atoms in total. The molecule has 0 unspecified atom stereocenters. The maximum atomic E-state index is 12.0. The highest BCUT2D eigenvalue weighted by Gasteiger charge is 2.29. The lowest BCUT2D eigenvalue weighted by molar-refractivity contribution is -0.122. The van der Waals surface area contributed by atoms with Crippen molar-refractivity contribution in [3.05, 3.63) is 58.4 Å². The number of imidazole rings is 1. The summed E-state index contributed by atoms with van der Waals surface area (Å²) in [6.45, 7) is 5.54. The third-order valence-corrected chi connectivity index (χ3v) is 5.69. The van der Waals surface area contributed by atoms with Crippen LogP contribution in [0, 0.1) is 19.8 Å². The molecule has 3 aromatic rings. The Labute approximate surface area is 169 Å². The number of para-hydroxylation sites is 2. The minimum atomic E-state index is 0.127. The van der Waals surface area contributed by atoms with E-state index in [1.54, 1.807) is 0 Å². The van der Waals surface area contributed by atoms with Gasteiger partial charge in [-0.05, 0) is 62.1 Å². The lowest BCUT2D eigenvalue weighted by atomic mass is 10.1. The number of rotatable bonds is 7. The molecule has 1 N–H and O–H groups in total. The van der Waals surface area contributed by atoms with E-state index in [4.69, 9.17) is 21.3 Å². The van der Waals surface area contributed by atoms with Gasteiger partial charge in [0.1, 0.15) is 18.2 Å². The summed E-state index contributed by atoms with van der Waals surface area (Å²) < 4.78 is 8.10. The number of nitrogens with zero attached hydrogens (tertiary/aromatic N) is 2. The standard InChI is InChI=1S/C22H24ClN3O2/c1-14-11-17(12-15(2)21(14)23)28-10-9-26-19-6-4-3-5-18(19)25-20(26)13-24-22(27)16-7-8-16/h3-6,11-12,16H,7-10,13H2,1-2H3,(H,24,27). The highest BCUT2D eigenvalue weighted by molar-refractivity contribution is 6.32. The fourth-order valence-electron chi connectivity index (χ4n) is 3.41. The summed E-state index contributed by atoms with van der Waals surface area (Å²) in [5, 5.41) is 3.79. The molecule has 0 spiro atoms. The van der Waals surface area contributed by atoms with Crippen LogP contribution in [0.5, 0.6) is 5.75 Å². The molecular formula is C22H24ClN3O2. The molecule has 0 atom stereocenters. The highest BCUT2D eigenvalue weighted by Crippen LogP contribution is 2.29. The highest BCUT2D eigenvalue weighted by atomic mass is 35.5. The second-order valence-corrected chi connectivity index (χ2v) is 7.76. The second kappa shape index (κ2) is 7.84. The number of aryl methyl sites for hydroxylation is 2. The van der Waals surface area contributed by atoms with E-state index < -0.39 is 0 Å². The summed E-state index contributed by atoms with van der Waals surface area (Å²) in [6, 6.07) is 11.9. The number of aromatic nitrogens is 2. The van der Waals surface area contributed by atoms with Crippen molar-refractivity contribution in [1.82, 2.24) is 14.9 Å². The molecule has 146 valence electrons. The Kier molecular flexibility index (Phi) is 5.27. The average Bonchev–Trinajstić information content (AvgIpc) is 3.47. The molecule has 1 aliphatic rings. The predicted molar refractivity (Wildman–Crippen MR) is 111 cm³/mol. The zero-order valence-electron chi connectivity index (χ0n) is 16.2. The lowest BCUT2D eigenvalue weighted by Gasteiger charge is -2.13. The van der Waals surface area contributed by atoms with Gasteiger partial charge in [0.25, 0.3) is 0 Å². The monoisotopic (exact) mass is 397 g/mol. The number of carbonyl (C=O) groups is 1. The summed E-state index contributed by atoms with van der Waals surface area (Å²) in [4.78, 5) is 16.7. The van der Waals surface area contributed by atoms with Crippen LogP contribution in [0.4, 0.5) is 0 Å². The van der Waals surface area contributed by atoms with Crippen molar-refractivity contribution in [2.45, 2.75) is 39.8 Å². The van der Waals surface area contributed by atoms with Crippen LogP contribution in [-0.2, 0) is 17.9 Å². The number of nitrogens with one attached hydrogen (secondary N) is 1. The van der Waals surface area contributed by atoms with Gasteiger partial charge in [0.2, 0.25) is 5.91 Å². The first-order valence-corrected chi connectivity index (χ1v) is 10.0. The van der Waals surface area contributed by atoms with Gasteiger partial charge in [-0.2, -0.15) is 0 Å². The molecule has 0 radical (unpaired) electrons. The van der Waals surface area contributed by atoms with E-state index in [9.17, 15) is 4.79 Å². The van der Waals surface area contributed by atoms with Crippen molar-refractivity contribution < 1.29 is 9.53 Å². The number of hydrogen-bond acceptors (Lipinski definition) is 3. The molecule has 0 aliphatic heterocycles. The van der Waals surface area contributed by atoms with E-state index in [0.717, 1.165) is 51.6 Å². The van der Waals surface area contributed by atoms with Crippen molar-refractivity contribution in [1.29, 1.82) is 0 Å². The Bertz CT molecular complexity index is 1000. The van der Waals surface area contributed by atoms with Gasteiger partial charge in [0, 0.05) is 10.9 Å². The lowest BCUT2D eigenvalue weighted by Crippen LogP contribution is -2.26. The molecule has 1 heterocycles. The molecule has 1 aliphatic carbocycles. The first-order chi connectivity index (χ1) is 13.5. The Morgan fingerprint density at radius 3 is 2.68 bits per heavy atom. The molecule has 1 aromatic heterocycles. The van der Waals surface area contributed by atoms with Crippen LogP contribution in [0.1, 0.15) is 29.8 Å². The minimum absolute atomic E-state index is 0.127. The van der Waals surface area contributed by atoms with E-state index in [1.165, 1.54) is 0 Å². The molecule has 0 saturated heterocycles. The smallest absolute Gasteiger partial charge is 0.223 e. The number of fused-ring (bicyclic) bond motifs is 1. The fraction of sp³-hybridized carbons (Fsp3) is 0.364. The van der Waals surface area contributed by atoms with E-state index in [-0.39, 0.29) is 11.8 Å². The molecule has 4 rings (SSSR count). The Morgan fingerprint density at radius 1 is 1.25 bits per heavy atom. The van der Waals surface area contributed by atoms with Crippen molar-refractivity contribution in [2.75, 3.05) is 6.61 Å². The molecular weight excluding hydrogens is 374 g/mol. The summed E-state index contributed by atoms with van der Waals surface area (Å²) in [6.07, 6.45) is 1.99. The van der Waals surface area contributed by atoms with Gasteiger partial charge < -0.3 is 14.6 Å². The normalized spacial score (nSPS) is 13.7. The molecule has 28 heavy (non-hydrogen) atoms. The van der Waals surface area contributed by atoms with Crippen LogP contribution in [-0.4, -0.2) is 22.1 Å². The maximum absolute atomic E-state index is 12.0. The third kappa shape index (κ3) is 3.99. The largest absolute Gasteiger partial charge is 0.492 e. The maximum Gasteiger partial charge on any atom is 0.223 e. The molecule has 1 amide bonds. The second-order valence-electron chi connectivity index (χ2n) is 7.38. The van der Waals surface area contributed by atoms with Gasteiger partial charge in [0.15, 0.2) is 0 Å². The van der Waals surface area contributed by atoms with Crippen molar-refractivity contribution >= 4 is 28.5 Å². The van der Waals surface area contributed by atoms with Gasteiger partial charge >= 0.3 is 0 Å². The first-order valence-electron chi connectivity index (χ1n) is 9.64. The van der Waals surface area contributed by atoms with Crippen LogP contribution in [0.2, 0.25) is 5.02 Å². The predicted octanol–water partition coefficient (Wildman–Crippen LogP) is 4.41. The zero-order chi connectivity index (χ0) is 19.7. The van der Waals surface area contributed by atoms with E-state index in [2.05, 4.69) is 9.88 Å². The summed E-state index contributed by atoms with van der Waals surface area (Å²) in [7, 11) is 0. The van der Waals surface area contributed by atoms with Gasteiger partial charge in [-0.3, -0.25) is 4.79 Å². The quantitative estimate of drug-likeness (QED) is 0.642. The van der Waals surface area contributed by atoms with Crippen LogP contribution in [0.25, 0.3) is 11.0 Å². The number of benzene rings is 2. The van der Waals surface area contributed by atoms with E-state index in [1.807, 2.05) is 50.2 Å². The van der Waals surface area contributed by atoms with Gasteiger partial charge in [-0.1, -0.05) is 23.7 Å². The Balaban J connectivity index is 1.48. The summed E-state index contributed by atoms with van der Waals surface area (Å²) >= 11 is 6.24. The third-order valence-electron chi connectivity index (χ3n) is 5.10. The van der Waals surface area contributed by atoms with Gasteiger partial charge in [0.05, 0.1) is 24.1 Å². The number of hydrogen-bond donors (Lipinski definition) is 1. The Hall–Kier alpha value is -2.53. The van der Waals surface area contributed by atoms with Gasteiger partial charge in [-0.15, -0.1) is 0 Å². The average molecular weight is 398 g/mol. The summed E-state index contributed by atoms with van der Waals surface area (Å²) in [5.74, 6) is 1.98. The van der Waals surface area contributed by atoms with Crippen molar-refractivity contribution in [2.24, 2.45) is 5.92 Å². The minimum Gasteiger partial charge on any atom is -0.492 e. The first kappa shape index (κ1) is 18.8. The van der Waals surface area contributed by atoms with Gasteiger partial charge in [-0.25, -0.2) is 4.98 Å². The SMILES string of the molecule is Cc1cc(OCCn2c(CNC(=O)C3CC3)nc3ccccc32)cc(C)c1Cl. The van der Waals surface area contributed by atoms with Crippen LogP contribution < -0.4 is 10.1 Å². The van der Waals surface area contributed by atoms with E-state index in [0.29, 0.717) is 19.7 Å². The number of amides is 1. The molecule has 0 bridgehead atoms. The number of ether oxygens (including phenoxy) is 1. The van der Waals surface area contributed by atoms with Crippen molar-refractivity contribution in [3.63, 3.8) is 0 Å². The number of halogens is 1. The van der Waals surface area contributed by atoms with Crippen molar-refractivity contribution in [3.8, 4) is 5.75 Å². The molecule has 1 saturated carbocycles. The zero-order valence-corrected chi connectivity index (χ0v) is 16.9. The molecule has 1 fully saturated rings. The number of carbonyl (C=O) groups excluding carboxylic acids is 1. The Morgan fingerprint density at radius 2 is 1.96 bits per heavy atom. The van der Waals surface area contributed by atoms with Crippen LogP contribution in [0.3, 0.4) is 0 Å². The molecule has 6 heteroatoms. The fourth-order valence-corrected chi connectivity index (χ4v) is 3.52. The van der Waals surface area contributed by atoms with Crippen LogP contribution in [0.15, 0.2) is 36.4 Å². The van der Waals surface area contributed by atoms with Crippen LogP contribution >= 0.6 is 11.6 Å². The van der Waals surface area contributed by atoms with E-state index >= 15 is 0 Å². The molecule has 2 aromatic carbocycles. The summed E-state index contributed by atoms with van der Waals surface area (Å²) in [5.41, 5.74) is 3.99.